The molecule has 1 aromatic heterocycles. The van der Waals surface area contributed by atoms with Crippen LogP contribution in [-0.2, 0) is 34.0 Å². The Morgan fingerprint density at radius 2 is 1.94 bits per heavy atom. The van der Waals surface area contributed by atoms with Crippen LogP contribution < -0.4 is 10.0 Å². The van der Waals surface area contributed by atoms with Crippen LogP contribution in [0.1, 0.15) is 54.3 Å². The third-order valence-electron chi connectivity index (χ3n) is 4.79. The van der Waals surface area contributed by atoms with Crippen LogP contribution in [0.15, 0.2) is 30.3 Å². The molecule has 1 heterocycles. The molecule has 1 aromatic carbocycles. The van der Waals surface area contributed by atoms with E-state index in [1.54, 1.807) is 0 Å². The molecule has 0 fully saturated rings. The van der Waals surface area contributed by atoms with E-state index in [4.69, 9.17) is 6.42 Å². The summed E-state index contributed by atoms with van der Waals surface area (Å²) in [5.74, 6) is 0.712. The van der Waals surface area contributed by atoms with Gasteiger partial charge in [0.2, 0.25) is 15.9 Å². The minimum Gasteiger partial charge on any atom is -0.348 e. The van der Waals surface area contributed by atoms with E-state index in [2.05, 4.69) is 16.2 Å². The summed E-state index contributed by atoms with van der Waals surface area (Å²) in [6.45, 7) is 1.85. The summed E-state index contributed by atoms with van der Waals surface area (Å²) in [5, 5.41) is 2.52. The number of nitrogens with one attached hydrogen (secondary N) is 2. The number of amides is 1. The molecule has 0 aliphatic heterocycles. The zero-order valence-corrected chi connectivity index (χ0v) is 20.0. The van der Waals surface area contributed by atoms with Crippen LogP contribution in [0.2, 0.25) is 0 Å². The molecule has 35 heavy (non-hydrogen) atoms. The largest absolute Gasteiger partial charge is 0.433 e. The van der Waals surface area contributed by atoms with E-state index in [0.29, 0.717) is 18.4 Å². The number of sulfonamides is 1. The first-order valence-electron chi connectivity index (χ1n) is 10.6. The highest BCUT2D eigenvalue weighted by Gasteiger charge is 2.32. The Morgan fingerprint density at radius 1 is 1.23 bits per heavy atom. The number of benzene rings is 1. The monoisotopic (exact) mass is 511 g/mol. The van der Waals surface area contributed by atoms with Crippen LogP contribution in [0.5, 0.6) is 0 Å². The molecule has 0 saturated heterocycles. The molecule has 6 nitrogen and oxygen atoms in total. The lowest BCUT2D eigenvalue weighted by Gasteiger charge is -2.11. The molecule has 0 aliphatic rings. The van der Waals surface area contributed by atoms with Gasteiger partial charge in [-0.2, -0.15) is 13.2 Å². The smallest absolute Gasteiger partial charge is 0.348 e. The number of terminal acetylenes is 1. The van der Waals surface area contributed by atoms with Gasteiger partial charge in [0.1, 0.15) is 11.5 Å². The second-order valence-electron chi connectivity index (χ2n) is 7.76. The third-order valence-corrected chi connectivity index (χ3v) is 5.37. The molecule has 2 N–H and O–H groups in total. The topological polar surface area (TPSA) is 88.2 Å². The van der Waals surface area contributed by atoms with Gasteiger partial charge in [-0.05, 0) is 48.2 Å². The minimum atomic E-state index is -4.57. The molecule has 11 heteroatoms. The number of carbonyl (C=O) groups is 1. The highest BCUT2D eigenvalue weighted by Crippen LogP contribution is 2.29. The maximum atomic E-state index is 14.4. The second-order valence-corrected chi connectivity index (χ2v) is 9.51. The molecular weight excluding hydrogens is 486 g/mol. The zero-order chi connectivity index (χ0) is 26.2. The predicted octanol–water partition coefficient (Wildman–Crippen LogP) is 4.65. The van der Waals surface area contributed by atoms with Crippen LogP contribution in [0.3, 0.4) is 0 Å². The van der Waals surface area contributed by atoms with Crippen molar-refractivity contribution in [2.45, 2.75) is 45.3 Å². The first kappa shape index (κ1) is 27.9. The highest BCUT2D eigenvalue weighted by molar-refractivity contribution is 7.92. The van der Waals surface area contributed by atoms with Crippen molar-refractivity contribution < 1.29 is 30.8 Å². The SMILES string of the molecule is C#Cc1cc(CNC(=O)/C=C\c2ccc(C(F)(F)F)nc2CCCCC)cc(F)c1NS(C)(=O)=O. The molecular formula is C24H25F4N3O3S. The summed E-state index contributed by atoms with van der Waals surface area (Å²) in [6.07, 6.45) is 6.85. The quantitative estimate of drug-likeness (QED) is 0.210. The van der Waals surface area contributed by atoms with Crippen molar-refractivity contribution in [3.8, 4) is 12.3 Å². The Hall–Kier alpha value is -3.39. The summed E-state index contributed by atoms with van der Waals surface area (Å²) in [5.41, 5.74) is -0.482. The van der Waals surface area contributed by atoms with E-state index in [9.17, 15) is 30.8 Å². The Bertz CT molecular complexity index is 1250. The van der Waals surface area contributed by atoms with Crippen LogP contribution in [0.25, 0.3) is 6.08 Å². The van der Waals surface area contributed by atoms with Crippen molar-refractivity contribution in [3.05, 3.63) is 64.2 Å². The summed E-state index contributed by atoms with van der Waals surface area (Å²) < 4.78 is 78.3. The Labute approximate surface area is 201 Å². The molecule has 2 rings (SSSR count). The van der Waals surface area contributed by atoms with Crippen molar-refractivity contribution >= 4 is 27.7 Å². The number of anilines is 1. The van der Waals surface area contributed by atoms with Gasteiger partial charge in [-0.3, -0.25) is 9.52 Å². The molecule has 0 unspecified atom stereocenters. The van der Waals surface area contributed by atoms with Gasteiger partial charge in [0, 0.05) is 18.3 Å². The predicted molar refractivity (Wildman–Crippen MR) is 126 cm³/mol. The molecule has 0 aliphatic carbocycles. The molecule has 0 bridgehead atoms. The number of halogens is 4. The molecule has 2 aromatic rings. The van der Waals surface area contributed by atoms with Gasteiger partial charge in [-0.1, -0.05) is 31.8 Å². The molecule has 0 atom stereocenters. The first-order valence-corrected chi connectivity index (χ1v) is 12.5. The van der Waals surface area contributed by atoms with Crippen LogP contribution in [0, 0.1) is 18.2 Å². The van der Waals surface area contributed by atoms with Gasteiger partial charge >= 0.3 is 6.18 Å². The van der Waals surface area contributed by atoms with Crippen LogP contribution in [-0.4, -0.2) is 25.6 Å². The number of hydrogen-bond acceptors (Lipinski definition) is 4. The van der Waals surface area contributed by atoms with Crippen molar-refractivity contribution in [1.29, 1.82) is 0 Å². The average Bonchev–Trinajstić information content (AvgIpc) is 2.76. The zero-order valence-electron chi connectivity index (χ0n) is 19.2. The standard InChI is InChI=1S/C24H25F4N3O3S/c1-4-6-7-8-20-18(9-11-21(30-20)24(26,27)28)10-12-22(32)29-15-16-13-17(5-2)23(19(25)14-16)31-35(3,33)34/h2,9-14,31H,4,6-8,15H2,1,3H3,(H,29,32)/b12-10-. The van der Waals surface area contributed by atoms with E-state index < -0.39 is 33.6 Å². The van der Waals surface area contributed by atoms with E-state index in [0.717, 1.165) is 37.3 Å². The average molecular weight is 512 g/mol. The number of carbonyl (C=O) groups excluding carboxylic acids is 1. The molecule has 188 valence electrons. The van der Waals surface area contributed by atoms with Gasteiger partial charge in [0.25, 0.3) is 0 Å². The number of hydrogen-bond donors (Lipinski definition) is 2. The highest BCUT2D eigenvalue weighted by atomic mass is 32.2. The maximum absolute atomic E-state index is 14.4. The van der Waals surface area contributed by atoms with Gasteiger partial charge in [0.05, 0.1) is 17.5 Å². The number of aromatic nitrogens is 1. The summed E-state index contributed by atoms with van der Waals surface area (Å²) in [7, 11) is -3.76. The summed E-state index contributed by atoms with van der Waals surface area (Å²) in [4.78, 5) is 16.0. The van der Waals surface area contributed by atoms with Crippen molar-refractivity contribution in [2.75, 3.05) is 11.0 Å². The number of aryl methyl sites for hydroxylation is 1. The molecule has 0 saturated carbocycles. The number of rotatable bonds is 10. The number of pyridine rings is 1. The van der Waals surface area contributed by atoms with E-state index in [-0.39, 0.29) is 29.1 Å². The Morgan fingerprint density at radius 3 is 2.54 bits per heavy atom. The van der Waals surface area contributed by atoms with E-state index in [1.165, 1.54) is 18.2 Å². The number of nitrogens with zero attached hydrogens (tertiary/aromatic N) is 1. The molecule has 1 amide bonds. The number of unbranched alkanes of at least 4 members (excludes halogenated alkanes) is 2. The van der Waals surface area contributed by atoms with Crippen LogP contribution in [0.4, 0.5) is 23.2 Å². The van der Waals surface area contributed by atoms with Crippen molar-refractivity contribution in [3.63, 3.8) is 0 Å². The summed E-state index contributed by atoms with van der Waals surface area (Å²) in [6, 6.07) is 4.51. The fourth-order valence-electron chi connectivity index (χ4n) is 3.15. The van der Waals surface area contributed by atoms with Crippen LogP contribution >= 0.6 is 0 Å². The Balaban J connectivity index is 2.15. The third kappa shape index (κ3) is 8.72. The lowest BCUT2D eigenvalue weighted by atomic mass is 10.1. The van der Waals surface area contributed by atoms with Crippen molar-refractivity contribution in [2.24, 2.45) is 0 Å². The Kier molecular flexibility index (Phi) is 9.42. The fourth-order valence-corrected chi connectivity index (χ4v) is 3.72. The van der Waals surface area contributed by atoms with Gasteiger partial charge in [-0.15, -0.1) is 6.42 Å². The van der Waals surface area contributed by atoms with Crippen molar-refractivity contribution in [1.82, 2.24) is 10.3 Å². The van der Waals surface area contributed by atoms with Gasteiger partial charge in [0.15, 0.2) is 0 Å². The second kappa shape index (κ2) is 11.8. The lowest BCUT2D eigenvalue weighted by molar-refractivity contribution is -0.141. The molecule has 0 radical (unpaired) electrons. The van der Waals surface area contributed by atoms with E-state index in [1.807, 2.05) is 11.6 Å². The summed E-state index contributed by atoms with van der Waals surface area (Å²) >= 11 is 0. The lowest BCUT2D eigenvalue weighted by Crippen LogP contribution is -2.21. The minimum absolute atomic E-state index is 0.0391. The van der Waals surface area contributed by atoms with Gasteiger partial charge < -0.3 is 5.32 Å². The van der Waals surface area contributed by atoms with E-state index >= 15 is 0 Å². The van der Waals surface area contributed by atoms with Gasteiger partial charge in [-0.25, -0.2) is 17.8 Å². The molecule has 0 spiro atoms. The number of alkyl halides is 3. The first-order chi connectivity index (χ1) is 16.3. The normalized spacial score (nSPS) is 11.9. The fraction of sp³-hybridized carbons (Fsp3) is 0.333. The maximum Gasteiger partial charge on any atom is 0.433 e.